The van der Waals surface area contributed by atoms with Crippen molar-refractivity contribution in [2.45, 2.75) is 53.1 Å². The fourth-order valence-corrected chi connectivity index (χ4v) is 5.47. The van der Waals surface area contributed by atoms with E-state index in [0.29, 0.717) is 24.2 Å². The predicted octanol–water partition coefficient (Wildman–Crippen LogP) is 6.82. The first-order chi connectivity index (χ1) is 18.2. The maximum absolute atomic E-state index is 13.8. The van der Waals surface area contributed by atoms with Crippen LogP contribution in [0.25, 0.3) is 0 Å². The van der Waals surface area contributed by atoms with Crippen molar-refractivity contribution >= 4 is 17.4 Å². The molecular weight excluding hydrogens is 472 g/mol. The molecular formula is C33H34N2O3. The molecule has 2 aliphatic rings. The molecule has 3 aromatic rings. The number of para-hydroxylation sites is 1. The quantitative estimate of drug-likeness (QED) is 0.385. The molecule has 1 amide bonds. The lowest BCUT2D eigenvalue weighted by atomic mass is 9.68. The second-order valence-electron chi connectivity index (χ2n) is 11.0. The average molecular weight is 507 g/mol. The molecule has 0 saturated heterocycles. The van der Waals surface area contributed by atoms with Gasteiger partial charge in [-0.3, -0.25) is 9.59 Å². The van der Waals surface area contributed by atoms with Crippen molar-refractivity contribution in [3.8, 4) is 5.75 Å². The van der Waals surface area contributed by atoms with Gasteiger partial charge in [0.15, 0.2) is 5.78 Å². The van der Waals surface area contributed by atoms with E-state index in [2.05, 4.69) is 24.5 Å². The van der Waals surface area contributed by atoms with E-state index in [0.717, 1.165) is 45.9 Å². The molecule has 1 aliphatic heterocycles. The van der Waals surface area contributed by atoms with Crippen LogP contribution in [0.5, 0.6) is 5.75 Å². The summed E-state index contributed by atoms with van der Waals surface area (Å²) in [5, 5.41) is 6.53. The highest BCUT2D eigenvalue weighted by atomic mass is 16.5. The molecule has 0 fully saturated rings. The van der Waals surface area contributed by atoms with Crippen molar-refractivity contribution in [2.24, 2.45) is 5.41 Å². The third kappa shape index (κ3) is 5.28. The Morgan fingerprint density at radius 3 is 2.34 bits per heavy atom. The smallest absolute Gasteiger partial charge is 0.254 e. The van der Waals surface area contributed by atoms with Crippen molar-refractivity contribution in [3.05, 3.63) is 118 Å². The molecule has 5 nitrogen and oxygen atoms in total. The first-order valence-corrected chi connectivity index (χ1v) is 13.1. The summed E-state index contributed by atoms with van der Waals surface area (Å²) in [6.45, 7) is 8.59. The summed E-state index contributed by atoms with van der Waals surface area (Å²) in [5.74, 6) is 0.167. The third-order valence-corrected chi connectivity index (χ3v) is 7.34. The normalized spacial score (nSPS) is 18.5. The molecule has 0 bridgehead atoms. The SMILES string of the molecule is CC1=C(C(=O)Nc2ccccc2C)[C@@H](c2ccc(OCc3ccccc3)cc2)C2=C(CC(C)(C)CC2=O)N1. The zero-order valence-electron chi connectivity index (χ0n) is 22.4. The van der Waals surface area contributed by atoms with Gasteiger partial charge in [-0.15, -0.1) is 0 Å². The van der Waals surface area contributed by atoms with Gasteiger partial charge in [0.1, 0.15) is 12.4 Å². The van der Waals surface area contributed by atoms with Gasteiger partial charge < -0.3 is 15.4 Å². The molecule has 0 aromatic heterocycles. The number of amides is 1. The molecule has 1 aliphatic carbocycles. The molecule has 5 rings (SSSR count). The van der Waals surface area contributed by atoms with Gasteiger partial charge in [0.2, 0.25) is 0 Å². The number of rotatable bonds is 6. The minimum Gasteiger partial charge on any atom is -0.489 e. The number of anilines is 1. The number of Topliss-reactive ketones (excluding diaryl/α,β-unsaturated/α-hetero) is 1. The highest BCUT2D eigenvalue weighted by Crippen LogP contribution is 2.47. The van der Waals surface area contributed by atoms with E-state index < -0.39 is 5.92 Å². The fraction of sp³-hybridized carbons (Fsp3) is 0.273. The minimum atomic E-state index is -0.456. The van der Waals surface area contributed by atoms with Gasteiger partial charge in [-0.1, -0.05) is 74.5 Å². The predicted molar refractivity (Wildman–Crippen MR) is 151 cm³/mol. The number of carbonyl (C=O) groups excluding carboxylic acids is 2. The molecule has 0 spiro atoms. The molecule has 3 aromatic carbocycles. The van der Waals surface area contributed by atoms with Crippen LogP contribution in [0, 0.1) is 12.3 Å². The Bertz CT molecular complexity index is 1430. The van der Waals surface area contributed by atoms with E-state index in [1.165, 1.54) is 0 Å². The van der Waals surface area contributed by atoms with Gasteiger partial charge >= 0.3 is 0 Å². The van der Waals surface area contributed by atoms with Crippen LogP contribution < -0.4 is 15.4 Å². The van der Waals surface area contributed by atoms with Gasteiger partial charge in [-0.25, -0.2) is 0 Å². The maximum atomic E-state index is 13.8. The van der Waals surface area contributed by atoms with E-state index in [-0.39, 0.29) is 17.1 Å². The monoisotopic (exact) mass is 506 g/mol. The molecule has 2 N–H and O–H groups in total. The molecule has 1 heterocycles. The number of hydrogen-bond donors (Lipinski definition) is 2. The summed E-state index contributed by atoms with van der Waals surface area (Å²) in [7, 11) is 0. The van der Waals surface area contributed by atoms with Gasteiger partial charge in [-0.05, 0) is 60.6 Å². The van der Waals surface area contributed by atoms with Gasteiger partial charge in [0, 0.05) is 40.6 Å². The Kier molecular flexibility index (Phi) is 6.94. The van der Waals surface area contributed by atoms with Crippen molar-refractivity contribution in [3.63, 3.8) is 0 Å². The van der Waals surface area contributed by atoms with Crippen molar-refractivity contribution < 1.29 is 14.3 Å². The van der Waals surface area contributed by atoms with E-state index in [4.69, 9.17) is 4.74 Å². The lowest BCUT2D eigenvalue weighted by molar-refractivity contribution is -0.118. The third-order valence-electron chi connectivity index (χ3n) is 7.34. The molecule has 5 heteroatoms. The molecule has 38 heavy (non-hydrogen) atoms. The number of dihydropyridines is 1. The second-order valence-corrected chi connectivity index (χ2v) is 11.0. The summed E-state index contributed by atoms with van der Waals surface area (Å²) in [6.07, 6.45) is 1.21. The van der Waals surface area contributed by atoms with E-state index in [1.807, 2.05) is 92.7 Å². The Morgan fingerprint density at radius 2 is 1.63 bits per heavy atom. The highest BCUT2D eigenvalue weighted by molar-refractivity contribution is 6.10. The van der Waals surface area contributed by atoms with E-state index >= 15 is 0 Å². The van der Waals surface area contributed by atoms with Crippen LogP contribution in [0.1, 0.15) is 56.2 Å². The Balaban J connectivity index is 1.49. The van der Waals surface area contributed by atoms with Gasteiger partial charge in [0.05, 0.1) is 0 Å². The second kappa shape index (κ2) is 10.3. The Hall–Kier alpha value is -4.12. The number of hydrogen-bond acceptors (Lipinski definition) is 4. The lowest BCUT2D eigenvalue weighted by Crippen LogP contribution is -2.39. The first-order valence-electron chi connectivity index (χ1n) is 13.1. The van der Waals surface area contributed by atoms with Crippen molar-refractivity contribution in [2.75, 3.05) is 5.32 Å². The number of nitrogens with one attached hydrogen (secondary N) is 2. The molecule has 1 atom stereocenters. The van der Waals surface area contributed by atoms with Crippen LogP contribution in [0.3, 0.4) is 0 Å². The topological polar surface area (TPSA) is 67.4 Å². The minimum absolute atomic E-state index is 0.0897. The largest absolute Gasteiger partial charge is 0.489 e. The number of aryl methyl sites for hydroxylation is 1. The summed E-state index contributed by atoms with van der Waals surface area (Å²) >= 11 is 0. The number of ketones is 1. The molecule has 194 valence electrons. The molecule has 0 unspecified atom stereocenters. The van der Waals surface area contributed by atoms with Crippen LogP contribution in [0.15, 0.2) is 101 Å². The summed E-state index contributed by atoms with van der Waals surface area (Å²) in [6, 6.07) is 25.5. The first kappa shape index (κ1) is 25.5. The molecule has 0 saturated carbocycles. The maximum Gasteiger partial charge on any atom is 0.254 e. The van der Waals surface area contributed by atoms with Crippen LogP contribution >= 0.6 is 0 Å². The van der Waals surface area contributed by atoms with Crippen molar-refractivity contribution in [1.29, 1.82) is 0 Å². The zero-order valence-corrected chi connectivity index (χ0v) is 22.4. The van der Waals surface area contributed by atoms with Crippen molar-refractivity contribution in [1.82, 2.24) is 5.32 Å². The summed E-state index contributed by atoms with van der Waals surface area (Å²) in [5.41, 5.74) is 6.55. The van der Waals surface area contributed by atoms with Crippen LogP contribution in [-0.2, 0) is 16.2 Å². The summed E-state index contributed by atoms with van der Waals surface area (Å²) < 4.78 is 5.99. The van der Waals surface area contributed by atoms with Crippen LogP contribution in [0.2, 0.25) is 0 Å². The number of allylic oxidation sites excluding steroid dienone is 3. The van der Waals surface area contributed by atoms with E-state index in [1.54, 1.807) is 0 Å². The van der Waals surface area contributed by atoms with Crippen LogP contribution in [0.4, 0.5) is 5.69 Å². The van der Waals surface area contributed by atoms with E-state index in [9.17, 15) is 9.59 Å². The van der Waals surface area contributed by atoms with Crippen LogP contribution in [-0.4, -0.2) is 11.7 Å². The fourth-order valence-electron chi connectivity index (χ4n) is 5.47. The number of ether oxygens (including phenoxy) is 1. The van der Waals surface area contributed by atoms with Gasteiger partial charge in [-0.2, -0.15) is 0 Å². The van der Waals surface area contributed by atoms with Gasteiger partial charge in [0.25, 0.3) is 5.91 Å². The molecule has 0 radical (unpaired) electrons. The number of benzene rings is 3. The Labute approximate surface area is 224 Å². The lowest BCUT2D eigenvalue weighted by Gasteiger charge is -2.39. The average Bonchev–Trinajstić information content (AvgIpc) is 2.88. The zero-order chi connectivity index (χ0) is 26.9. The Morgan fingerprint density at radius 1 is 0.947 bits per heavy atom. The summed E-state index contributed by atoms with van der Waals surface area (Å²) in [4.78, 5) is 27.3. The standard InChI is InChI=1S/C33H34N2O3/c1-21-10-8-9-13-26(21)35-32(37)29-22(2)34-27-18-33(3,4)19-28(36)31(27)30(29)24-14-16-25(17-15-24)38-20-23-11-6-5-7-12-23/h5-17,30,34H,18-20H2,1-4H3,(H,35,37)/t30-/m1/s1. The highest BCUT2D eigenvalue weighted by Gasteiger charge is 2.42. The number of carbonyl (C=O) groups is 2.